The molecule has 0 fully saturated rings. The summed E-state index contributed by atoms with van der Waals surface area (Å²) >= 11 is 12.6. The number of aryl methyl sites for hydroxylation is 1. The summed E-state index contributed by atoms with van der Waals surface area (Å²) in [6, 6.07) is 5.67. The molecule has 0 radical (unpaired) electrons. The molecule has 1 aromatic carbocycles. The summed E-state index contributed by atoms with van der Waals surface area (Å²) in [6.45, 7) is 4.60. The SMILES string of the molecule is CCCn1c(Cl)c(C(C)O)c2cccc(Cl)c21. The number of benzene rings is 1. The third-order valence-electron chi connectivity index (χ3n) is 2.87. The lowest BCUT2D eigenvalue weighted by Gasteiger charge is -2.06. The molecule has 17 heavy (non-hydrogen) atoms. The summed E-state index contributed by atoms with van der Waals surface area (Å²) in [6.07, 6.45) is 0.370. The van der Waals surface area contributed by atoms with Crippen molar-refractivity contribution in [3.05, 3.63) is 33.9 Å². The van der Waals surface area contributed by atoms with Crippen LogP contribution in [-0.2, 0) is 6.54 Å². The van der Waals surface area contributed by atoms with Crippen molar-refractivity contribution in [2.75, 3.05) is 0 Å². The Morgan fingerprint density at radius 3 is 2.65 bits per heavy atom. The van der Waals surface area contributed by atoms with Gasteiger partial charge in [-0.1, -0.05) is 42.3 Å². The Bertz CT molecular complexity index is 546. The van der Waals surface area contributed by atoms with Gasteiger partial charge in [-0.2, -0.15) is 0 Å². The van der Waals surface area contributed by atoms with Gasteiger partial charge in [-0.15, -0.1) is 0 Å². The van der Waals surface area contributed by atoms with Crippen LogP contribution >= 0.6 is 23.2 Å². The summed E-state index contributed by atoms with van der Waals surface area (Å²) in [5.41, 5.74) is 1.68. The van der Waals surface area contributed by atoms with E-state index in [-0.39, 0.29) is 0 Å². The van der Waals surface area contributed by atoms with Crippen LogP contribution in [0.5, 0.6) is 0 Å². The molecule has 0 bridgehead atoms. The molecule has 1 unspecified atom stereocenters. The van der Waals surface area contributed by atoms with Gasteiger partial charge in [0, 0.05) is 17.5 Å². The molecule has 2 rings (SSSR count). The second kappa shape index (κ2) is 4.89. The minimum absolute atomic E-state index is 0.588. The van der Waals surface area contributed by atoms with E-state index in [0.29, 0.717) is 10.2 Å². The number of para-hydroxylation sites is 1. The molecule has 1 heterocycles. The van der Waals surface area contributed by atoms with Gasteiger partial charge in [-0.05, 0) is 19.4 Å². The smallest absolute Gasteiger partial charge is 0.115 e. The van der Waals surface area contributed by atoms with E-state index in [1.165, 1.54) is 0 Å². The van der Waals surface area contributed by atoms with Crippen molar-refractivity contribution in [1.29, 1.82) is 0 Å². The molecule has 1 atom stereocenters. The first kappa shape index (κ1) is 12.7. The van der Waals surface area contributed by atoms with Crippen LogP contribution in [0.4, 0.5) is 0 Å². The number of aliphatic hydroxyl groups is 1. The second-order valence-corrected chi connectivity index (χ2v) is 4.93. The molecule has 0 aliphatic heterocycles. The molecular formula is C13H15Cl2NO. The van der Waals surface area contributed by atoms with E-state index in [1.807, 2.05) is 22.8 Å². The topological polar surface area (TPSA) is 25.2 Å². The number of halogens is 2. The molecule has 0 aliphatic carbocycles. The van der Waals surface area contributed by atoms with Crippen LogP contribution in [0.3, 0.4) is 0 Å². The molecule has 4 heteroatoms. The highest BCUT2D eigenvalue weighted by Crippen LogP contribution is 2.37. The van der Waals surface area contributed by atoms with Crippen LogP contribution in [0.2, 0.25) is 10.2 Å². The van der Waals surface area contributed by atoms with E-state index < -0.39 is 6.10 Å². The molecule has 2 nitrogen and oxygen atoms in total. The molecule has 2 aromatic rings. The van der Waals surface area contributed by atoms with Gasteiger partial charge in [0.15, 0.2) is 0 Å². The third kappa shape index (κ3) is 2.05. The summed E-state index contributed by atoms with van der Waals surface area (Å²) in [5, 5.41) is 12.0. The van der Waals surface area contributed by atoms with Gasteiger partial charge >= 0.3 is 0 Å². The van der Waals surface area contributed by atoms with E-state index in [4.69, 9.17) is 23.2 Å². The normalized spacial score (nSPS) is 13.2. The zero-order valence-corrected chi connectivity index (χ0v) is 11.4. The van der Waals surface area contributed by atoms with Crippen LogP contribution in [0.1, 0.15) is 31.9 Å². The number of hydrogen-bond donors (Lipinski definition) is 1. The summed E-state index contributed by atoms with van der Waals surface area (Å²) in [7, 11) is 0. The second-order valence-electron chi connectivity index (χ2n) is 4.17. The third-order valence-corrected chi connectivity index (χ3v) is 3.58. The van der Waals surface area contributed by atoms with Crippen molar-refractivity contribution in [3.63, 3.8) is 0 Å². The Morgan fingerprint density at radius 1 is 1.35 bits per heavy atom. The van der Waals surface area contributed by atoms with Crippen molar-refractivity contribution in [2.24, 2.45) is 0 Å². The van der Waals surface area contributed by atoms with Gasteiger partial charge in [-0.3, -0.25) is 0 Å². The lowest BCUT2D eigenvalue weighted by atomic mass is 10.1. The average Bonchev–Trinajstić information content (AvgIpc) is 2.54. The summed E-state index contributed by atoms with van der Waals surface area (Å²) in [4.78, 5) is 0. The van der Waals surface area contributed by atoms with Gasteiger partial charge in [0.2, 0.25) is 0 Å². The number of nitrogens with zero attached hydrogens (tertiary/aromatic N) is 1. The molecule has 0 amide bonds. The summed E-state index contributed by atoms with van der Waals surface area (Å²) in [5.74, 6) is 0. The van der Waals surface area contributed by atoms with E-state index in [1.54, 1.807) is 6.92 Å². The first-order valence-corrected chi connectivity index (χ1v) is 6.47. The molecule has 1 N–H and O–H groups in total. The fraction of sp³-hybridized carbons (Fsp3) is 0.385. The van der Waals surface area contributed by atoms with Crippen LogP contribution in [-0.4, -0.2) is 9.67 Å². The minimum Gasteiger partial charge on any atom is -0.389 e. The number of aromatic nitrogens is 1. The zero-order chi connectivity index (χ0) is 12.6. The Balaban J connectivity index is 2.83. The monoisotopic (exact) mass is 271 g/mol. The first-order valence-electron chi connectivity index (χ1n) is 5.72. The maximum absolute atomic E-state index is 9.83. The van der Waals surface area contributed by atoms with E-state index in [0.717, 1.165) is 29.4 Å². The lowest BCUT2D eigenvalue weighted by molar-refractivity contribution is 0.200. The Labute approximate surface area is 111 Å². The quantitative estimate of drug-likeness (QED) is 0.879. The minimum atomic E-state index is -0.596. The average molecular weight is 272 g/mol. The van der Waals surface area contributed by atoms with Crippen LogP contribution in [0.25, 0.3) is 10.9 Å². The fourth-order valence-electron chi connectivity index (χ4n) is 2.19. The molecule has 92 valence electrons. The molecule has 0 aliphatic rings. The van der Waals surface area contributed by atoms with Crippen LogP contribution in [0, 0.1) is 0 Å². The van der Waals surface area contributed by atoms with E-state index in [9.17, 15) is 5.11 Å². The number of hydrogen-bond acceptors (Lipinski definition) is 1. The summed E-state index contributed by atoms with van der Waals surface area (Å²) < 4.78 is 1.97. The highest BCUT2D eigenvalue weighted by atomic mass is 35.5. The molecule has 1 aromatic heterocycles. The van der Waals surface area contributed by atoms with Crippen molar-refractivity contribution in [3.8, 4) is 0 Å². The molecule has 0 saturated heterocycles. The maximum atomic E-state index is 9.83. The van der Waals surface area contributed by atoms with Crippen molar-refractivity contribution < 1.29 is 5.11 Å². The van der Waals surface area contributed by atoms with Gasteiger partial charge in [0.1, 0.15) is 5.15 Å². The number of aliphatic hydroxyl groups excluding tert-OH is 1. The highest BCUT2D eigenvalue weighted by Gasteiger charge is 2.19. The van der Waals surface area contributed by atoms with E-state index in [2.05, 4.69) is 6.92 Å². The van der Waals surface area contributed by atoms with Gasteiger partial charge in [0.05, 0.1) is 16.6 Å². The highest BCUT2D eigenvalue weighted by molar-refractivity contribution is 6.37. The molecular weight excluding hydrogens is 257 g/mol. The van der Waals surface area contributed by atoms with Crippen molar-refractivity contribution in [2.45, 2.75) is 32.9 Å². The fourth-order valence-corrected chi connectivity index (χ4v) is 2.90. The lowest BCUT2D eigenvalue weighted by Crippen LogP contribution is -1.98. The van der Waals surface area contributed by atoms with Gasteiger partial charge in [0.25, 0.3) is 0 Å². The van der Waals surface area contributed by atoms with Gasteiger partial charge in [-0.25, -0.2) is 0 Å². The van der Waals surface area contributed by atoms with Crippen molar-refractivity contribution in [1.82, 2.24) is 4.57 Å². The Kier molecular flexibility index (Phi) is 3.67. The van der Waals surface area contributed by atoms with Crippen LogP contribution < -0.4 is 0 Å². The van der Waals surface area contributed by atoms with Crippen molar-refractivity contribution >= 4 is 34.1 Å². The standard InChI is InChI=1S/C13H15Cl2NO/c1-3-7-16-12-9(5-4-6-10(12)14)11(8(2)17)13(16)15/h4-6,8,17H,3,7H2,1-2H3. The zero-order valence-electron chi connectivity index (χ0n) is 9.87. The predicted molar refractivity (Wildman–Crippen MR) is 72.9 cm³/mol. The maximum Gasteiger partial charge on any atom is 0.115 e. The van der Waals surface area contributed by atoms with E-state index >= 15 is 0 Å². The molecule has 0 spiro atoms. The largest absolute Gasteiger partial charge is 0.389 e. The van der Waals surface area contributed by atoms with Gasteiger partial charge < -0.3 is 9.67 Å². The Hall–Kier alpha value is -0.700. The predicted octanol–water partition coefficient (Wildman–Crippen LogP) is 4.41. The molecule has 0 saturated carbocycles. The number of rotatable bonds is 3. The first-order chi connectivity index (χ1) is 8.07. The number of fused-ring (bicyclic) bond motifs is 1. The Morgan fingerprint density at radius 2 is 2.06 bits per heavy atom. The van der Waals surface area contributed by atoms with Crippen LogP contribution in [0.15, 0.2) is 18.2 Å².